The lowest BCUT2D eigenvalue weighted by molar-refractivity contribution is -0.124. The Morgan fingerprint density at radius 2 is 2.04 bits per heavy atom. The van der Waals surface area contributed by atoms with Crippen LogP contribution in [0.4, 0.5) is 0 Å². The van der Waals surface area contributed by atoms with E-state index in [0.717, 1.165) is 44.9 Å². The average molecular weight is 355 g/mol. The highest BCUT2D eigenvalue weighted by atomic mass is 16.6. The van der Waals surface area contributed by atoms with Gasteiger partial charge in [0.25, 0.3) is 0 Å². The molecule has 1 rings (SSSR count). The van der Waals surface area contributed by atoms with Crippen molar-refractivity contribution in [1.82, 2.24) is 15.1 Å². The number of unbranched alkanes of at least 4 members (excludes halogenated alkanes) is 1. The molecule has 0 saturated carbocycles. The molecule has 146 valence electrons. The molecule has 2 N–H and O–H groups in total. The van der Waals surface area contributed by atoms with E-state index in [1.165, 1.54) is 19.4 Å². The van der Waals surface area contributed by atoms with Crippen LogP contribution in [0.15, 0.2) is 17.3 Å². The van der Waals surface area contributed by atoms with E-state index in [1.807, 2.05) is 25.1 Å². The van der Waals surface area contributed by atoms with Gasteiger partial charge in [0.05, 0.1) is 6.61 Å². The van der Waals surface area contributed by atoms with Crippen LogP contribution < -0.4 is 5.32 Å². The maximum Gasteiger partial charge on any atom is 0.161 e. The molecule has 25 heavy (non-hydrogen) atoms. The second kappa shape index (κ2) is 13.4. The molecule has 6 heteroatoms. The second-order valence-corrected chi connectivity index (χ2v) is 6.88. The summed E-state index contributed by atoms with van der Waals surface area (Å²) in [5.41, 5.74) is 1.09. The van der Waals surface area contributed by atoms with E-state index in [1.54, 1.807) is 6.20 Å². The normalized spacial score (nSPS) is 18.8. The van der Waals surface area contributed by atoms with Gasteiger partial charge >= 0.3 is 0 Å². The van der Waals surface area contributed by atoms with Gasteiger partial charge in [-0.3, -0.25) is 4.99 Å². The highest BCUT2D eigenvalue weighted by molar-refractivity contribution is 5.88. The molecule has 0 radical (unpaired) electrons. The number of aliphatic hydroxyl groups excluding tert-OH is 1. The molecule has 0 bridgehead atoms. The number of nitrogens with zero attached hydrogens (tertiary/aromatic N) is 3. The number of rotatable bonds is 14. The number of ether oxygens (including phenoxy) is 1. The molecule has 0 spiro atoms. The van der Waals surface area contributed by atoms with Crippen molar-refractivity contribution in [2.45, 2.75) is 39.4 Å². The van der Waals surface area contributed by atoms with E-state index in [9.17, 15) is 5.11 Å². The van der Waals surface area contributed by atoms with E-state index in [0.29, 0.717) is 6.61 Å². The third-order valence-electron chi connectivity index (χ3n) is 4.56. The van der Waals surface area contributed by atoms with Crippen LogP contribution in [0.3, 0.4) is 0 Å². The van der Waals surface area contributed by atoms with Gasteiger partial charge < -0.3 is 25.0 Å². The molecule has 0 amide bonds. The minimum absolute atomic E-state index is 0.000807. The molecule has 0 aromatic heterocycles. The maximum absolute atomic E-state index is 10.2. The van der Waals surface area contributed by atoms with Crippen LogP contribution in [0.2, 0.25) is 0 Å². The van der Waals surface area contributed by atoms with Crippen molar-refractivity contribution in [3.63, 3.8) is 0 Å². The first-order valence-corrected chi connectivity index (χ1v) is 9.66. The van der Waals surface area contributed by atoms with E-state index in [2.05, 4.69) is 29.1 Å². The monoisotopic (exact) mass is 354 g/mol. The Morgan fingerprint density at radius 3 is 2.72 bits per heavy atom. The molecule has 0 fully saturated rings. The molecule has 0 aromatic rings. The number of nitrogens with one attached hydrogen (secondary N) is 1. The van der Waals surface area contributed by atoms with E-state index < -0.39 is 6.29 Å². The lowest BCUT2D eigenvalue weighted by Crippen LogP contribution is -2.32. The van der Waals surface area contributed by atoms with Crippen LogP contribution in [0.5, 0.6) is 0 Å². The van der Waals surface area contributed by atoms with E-state index in [4.69, 9.17) is 4.74 Å². The van der Waals surface area contributed by atoms with E-state index >= 15 is 0 Å². The summed E-state index contributed by atoms with van der Waals surface area (Å²) < 4.78 is 5.52. The fraction of sp³-hybridized carbons (Fsp3) is 0.842. The third kappa shape index (κ3) is 10.1. The Morgan fingerprint density at radius 1 is 1.28 bits per heavy atom. The van der Waals surface area contributed by atoms with Gasteiger partial charge in [0, 0.05) is 30.9 Å². The Bertz CT molecular complexity index is 395. The third-order valence-corrected chi connectivity index (χ3v) is 4.56. The molecule has 6 nitrogen and oxygen atoms in total. The fourth-order valence-corrected chi connectivity index (χ4v) is 2.80. The minimum Gasteiger partial charge on any atom is -0.367 e. The Kier molecular flexibility index (Phi) is 11.9. The predicted octanol–water partition coefficient (Wildman–Crippen LogP) is 1.57. The van der Waals surface area contributed by atoms with Crippen LogP contribution in [-0.2, 0) is 4.74 Å². The summed E-state index contributed by atoms with van der Waals surface area (Å²) in [5, 5.41) is 13.6. The topological polar surface area (TPSA) is 60.3 Å². The lowest BCUT2D eigenvalue weighted by Gasteiger charge is -2.24. The van der Waals surface area contributed by atoms with E-state index in [-0.39, 0.29) is 5.92 Å². The summed E-state index contributed by atoms with van der Waals surface area (Å²) >= 11 is 0. The summed E-state index contributed by atoms with van der Waals surface area (Å²) in [6, 6.07) is 0. The van der Waals surface area contributed by atoms with Crippen molar-refractivity contribution in [2.24, 2.45) is 10.9 Å². The summed E-state index contributed by atoms with van der Waals surface area (Å²) in [6.07, 6.45) is 6.14. The number of hydrogen-bond acceptors (Lipinski definition) is 6. The Hall–Kier alpha value is -0.790. The van der Waals surface area contributed by atoms with Crippen LogP contribution in [0.25, 0.3) is 0 Å². The molecular weight excluding hydrogens is 316 g/mol. The molecule has 1 heterocycles. The number of likely N-dealkylation sites (N-methyl/N-ethyl adjacent to an activating group) is 1. The van der Waals surface area contributed by atoms with Gasteiger partial charge in [-0.15, -0.1) is 0 Å². The first-order chi connectivity index (χ1) is 12.1. The lowest BCUT2D eigenvalue weighted by atomic mass is 9.99. The molecule has 1 aliphatic heterocycles. The smallest absolute Gasteiger partial charge is 0.161 e. The fourth-order valence-electron chi connectivity index (χ4n) is 2.80. The van der Waals surface area contributed by atoms with Gasteiger partial charge in [0.2, 0.25) is 0 Å². The zero-order valence-electron chi connectivity index (χ0n) is 16.6. The summed E-state index contributed by atoms with van der Waals surface area (Å²) in [5.74, 6) is -0.000807. The SMILES string of the molecule is CCN(CC)CCCCNCC1=NC=CC(C(O)OCCN(C)C)C1. The zero-order chi connectivity index (χ0) is 18.5. The van der Waals surface area contributed by atoms with Gasteiger partial charge in [-0.1, -0.05) is 19.9 Å². The average Bonchev–Trinajstić information content (AvgIpc) is 2.61. The van der Waals surface area contributed by atoms with Crippen molar-refractivity contribution < 1.29 is 9.84 Å². The quantitative estimate of drug-likeness (QED) is 0.366. The van der Waals surface area contributed by atoms with Gasteiger partial charge in [0.1, 0.15) is 0 Å². The molecule has 1 aliphatic rings. The van der Waals surface area contributed by atoms with Crippen LogP contribution in [-0.4, -0.2) is 86.9 Å². The van der Waals surface area contributed by atoms with Crippen molar-refractivity contribution in [3.8, 4) is 0 Å². The summed E-state index contributed by atoms with van der Waals surface area (Å²) in [4.78, 5) is 8.93. The van der Waals surface area contributed by atoms with Crippen LogP contribution in [0, 0.1) is 5.92 Å². The molecule has 0 saturated heterocycles. The van der Waals surface area contributed by atoms with Crippen molar-refractivity contribution in [1.29, 1.82) is 0 Å². The number of aliphatic hydroxyl groups is 1. The largest absolute Gasteiger partial charge is 0.367 e. The van der Waals surface area contributed by atoms with Crippen LogP contribution >= 0.6 is 0 Å². The van der Waals surface area contributed by atoms with Gasteiger partial charge in [-0.2, -0.15) is 0 Å². The maximum atomic E-state index is 10.2. The molecule has 0 aliphatic carbocycles. The highest BCUT2D eigenvalue weighted by Gasteiger charge is 2.21. The van der Waals surface area contributed by atoms with Gasteiger partial charge in [-0.25, -0.2) is 0 Å². The Balaban J connectivity index is 2.15. The molecular formula is C19H38N4O2. The van der Waals surface area contributed by atoms with Crippen molar-refractivity contribution in [3.05, 3.63) is 12.3 Å². The summed E-state index contributed by atoms with van der Waals surface area (Å²) in [7, 11) is 3.99. The number of aliphatic imine (C=N–C) groups is 1. The Labute approximate surface area is 153 Å². The summed E-state index contributed by atoms with van der Waals surface area (Å²) in [6.45, 7) is 11.0. The second-order valence-electron chi connectivity index (χ2n) is 6.88. The predicted molar refractivity (Wildman–Crippen MR) is 105 cm³/mol. The standard InChI is InChI=1S/C19H38N4O2/c1-5-23(6-2)12-8-7-10-20-16-18-15-17(9-11-21-18)19(24)25-14-13-22(3)4/h9,11,17,19-20,24H,5-8,10,12-16H2,1-4H3. The van der Waals surface area contributed by atoms with Crippen molar-refractivity contribution in [2.75, 3.05) is 60.0 Å². The van der Waals surface area contributed by atoms with Crippen molar-refractivity contribution >= 4 is 5.71 Å². The first kappa shape index (κ1) is 22.3. The minimum atomic E-state index is -0.754. The molecule has 2 atom stereocenters. The number of hydrogen-bond donors (Lipinski definition) is 2. The molecule has 0 aromatic carbocycles. The highest BCUT2D eigenvalue weighted by Crippen LogP contribution is 2.17. The van der Waals surface area contributed by atoms with Gasteiger partial charge in [-0.05, 0) is 59.5 Å². The first-order valence-electron chi connectivity index (χ1n) is 9.66. The van der Waals surface area contributed by atoms with Crippen LogP contribution in [0.1, 0.15) is 33.1 Å². The zero-order valence-corrected chi connectivity index (χ0v) is 16.6. The van der Waals surface area contributed by atoms with Gasteiger partial charge in [0.15, 0.2) is 6.29 Å². The molecule has 2 unspecified atom stereocenters.